The number of fused-ring (bicyclic) bond motifs is 2. The van der Waals surface area contributed by atoms with Crippen molar-refractivity contribution >= 4 is 22.4 Å². The van der Waals surface area contributed by atoms with E-state index in [9.17, 15) is 0 Å². The molecule has 0 amide bonds. The predicted molar refractivity (Wildman–Crippen MR) is 165 cm³/mol. The van der Waals surface area contributed by atoms with Crippen molar-refractivity contribution in [3.05, 3.63) is 70.5 Å². The van der Waals surface area contributed by atoms with Crippen molar-refractivity contribution < 1.29 is 4.74 Å². The van der Waals surface area contributed by atoms with Crippen molar-refractivity contribution in [3.63, 3.8) is 0 Å². The second-order valence-corrected chi connectivity index (χ2v) is 12.8. The van der Waals surface area contributed by atoms with E-state index in [2.05, 4.69) is 98.9 Å². The van der Waals surface area contributed by atoms with Gasteiger partial charge in [-0.2, -0.15) is 0 Å². The SMILES string of the molecule is COC1CCN(c2nc(-c3cccc4[nH]cc(C)c34)nc3c2CN(c2cc(C(C)C)ccc2C)CC3)CC1(C)C. The van der Waals surface area contributed by atoms with Crippen LogP contribution in [0.2, 0.25) is 0 Å². The monoisotopic (exact) mass is 537 g/mol. The molecule has 6 heteroatoms. The van der Waals surface area contributed by atoms with Crippen LogP contribution in [0.1, 0.15) is 68.0 Å². The Morgan fingerprint density at radius 3 is 2.60 bits per heavy atom. The van der Waals surface area contributed by atoms with E-state index >= 15 is 0 Å². The van der Waals surface area contributed by atoms with Crippen LogP contribution in [0.3, 0.4) is 0 Å². The first-order valence-electron chi connectivity index (χ1n) is 14.8. The Kier molecular flexibility index (Phi) is 6.86. The Morgan fingerprint density at radius 1 is 1.02 bits per heavy atom. The highest BCUT2D eigenvalue weighted by Gasteiger charge is 2.38. The summed E-state index contributed by atoms with van der Waals surface area (Å²) < 4.78 is 5.90. The maximum absolute atomic E-state index is 5.90. The molecule has 2 aromatic carbocycles. The summed E-state index contributed by atoms with van der Waals surface area (Å²) in [6.45, 7) is 17.2. The summed E-state index contributed by atoms with van der Waals surface area (Å²) in [6.07, 6.45) is 4.22. The minimum atomic E-state index is 0.0266. The van der Waals surface area contributed by atoms with Gasteiger partial charge >= 0.3 is 0 Å². The normalized spacial score (nSPS) is 18.9. The molecule has 4 aromatic rings. The molecule has 2 aliphatic heterocycles. The Bertz CT molecular complexity index is 1550. The number of rotatable bonds is 5. The number of anilines is 2. The van der Waals surface area contributed by atoms with E-state index in [1.165, 1.54) is 39.0 Å². The van der Waals surface area contributed by atoms with Crippen LogP contribution in [0.15, 0.2) is 42.6 Å². The lowest BCUT2D eigenvalue weighted by Crippen LogP contribution is -2.50. The average molecular weight is 538 g/mol. The molecule has 40 heavy (non-hydrogen) atoms. The molecule has 210 valence electrons. The zero-order valence-corrected chi connectivity index (χ0v) is 25.1. The second-order valence-electron chi connectivity index (χ2n) is 12.8. The molecule has 0 aliphatic carbocycles. The van der Waals surface area contributed by atoms with Gasteiger partial charge in [0, 0.05) is 79.0 Å². The van der Waals surface area contributed by atoms with E-state index in [1.807, 2.05) is 7.11 Å². The van der Waals surface area contributed by atoms with Gasteiger partial charge in [0.15, 0.2) is 5.82 Å². The Balaban J connectivity index is 1.47. The topological polar surface area (TPSA) is 57.3 Å². The Labute approximate surface area is 238 Å². The average Bonchev–Trinajstić information content (AvgIpc) is 3.32. The molecular formula is C34H43N5O. The third-order valence-corrected chi connectivity index (χ3v) is 9.14. The number of aromatic amines is 1. The van der Waals surface area contributed by atoms with Crippen LogP contribution in [-0.2, 0) is 17.7 Å². The lowest BCUT2D eigenvalue weighted by atomic mass is 9.81. The Morgan fingerprint density at radius 2 is 1.85 bits per heavy atom. The molecule has 0 radical (unpaired) electrons. The van der Waals surface area contributed by atoms with Crippen LogP contribution in [0.5, 0.6) is 0 Å². The Hall–Kier alpha value is -3.38. The number of aromatic nitrogens is 3. The van der Waals surface area contributed by atoms with Gasteiger partial charge in [0.05, 0.1) is 11.8 Å². The number of piperidine rings is 1. The first kappa shape index (κ1) is 26.8. The van der Waals surface area contributed by atoms with Crippen LogP contribution in [0, 0.1) is 19.3 Å². The maximum atomic E-state index is 5.90. The summed E-state index contributed by atoms with van der Waals surface area (Å²) in [5.74, 6) is 2.43. The summed E-state index contributed by atoms with van der Waals surface area (Å²) in [5.41, 5.74) is 9.99. The highest BCUT2D eigenvalue weighted by atomic mass is 16.5. The first-order chi connectivity index (χ1) is 19.2. The van der Waals surface area contributed by atoms with Gasteiger partial charge in [-0.3, -0.25) is 0 Å². The van der Waals surface area contributed by atoms with Crippen molar-refractivity contribution in [1.29, 1.82) is 0 Å². The van der Waals surface area contributed by atoms with Gasteiger partial charge in [-0.05, 0) is 55.0 Å². The molecule has 0 saturated carbocycles. The molecule has 4 heterocycles. The van der Waals surface area contributed by atoms with Crippen LogP contribution < -0.4 is 9.80 Å². The van der Waals surface area contributed by atoms with Crippen molar-refractivity contribution in [2.75, 3.05) is 36.5 Å². The zero-order valence-electron chi connectivity index (χ0n) is 25.1. The summed E-state index contributed by atoms with van der Waals surface area (Å²) in [5, 5.41) is 1.21. The minimum Gasteiger partial charge on any atom is -0.381 e. The fraction of sp³-hybridized carbons (Fsp3) is 0.471. The van der Waals surface area contributed by atoms with Gasteiger partial charge in [0.2, 0.25) is 0 Å². The van der Waals surface area contributed by atoms with Gasteiger partial charge in [-0.25, -0.2) is 9.97 Å². The number of hydrogen-bond acceptors (Lipinski definition) is 5. The van der Waals surface area contributed by atoms with Crippen LogP contribution in [0.4, 0.5) is 11.5 Å². The van der Waals surface area contributed by atoms with Gasteiger partial charge < -0.3 is 19.5 Å². The van der Waals surface area contributed by atoms with Crippen LogP contribution in [-0.4, -0.2) is 47.8 Å². The molecular weight excluding hydrogens is 494 g/mol. The van der Waals surface area contributed by atoms with Crippen molar-refractivity contribution in [2.45, 2.75) is 73.0 Å². The largest absolute Gasteiger partial charge is 0.381 e. The van der Waals surface area contributed by atoms with E-state index in [4.69, 9.17) is 14.7 Å². The second kappa shape index (κ2) is 10.2. The quantitative estimate of drug-likeness (QED) is 0.292. The van der Waals surface area contributed by atoms with Crippen LogP contribution in [0.25, 0.3) is 22.3 Å². The molecule has 6 rings (SSSR count). The van der Waals surface area contributed by atoms with E-state index in [0.717, 1.165) is 61.7 Å². The highest BCUT2D eigenvalue weighted by molar-refractivity contribution is 5.96. The molecule has 1 unspecified atom stereocenters. The van der Waals surface area contributed by atoms with E-state index < -0.39 is 0 Å². The molecule has 2 aliphatic rings. The van der Waals surface area contributed by atoms with Crippen LogP contribution >= 0.6 is 0 Å². The lowest BCUT2D eigenvalue weighted by Gasteiger charge is -2.45. The van der Waals surface area contributed by atoms with Gasteiger partial charge in [-0.1, -0.05) is 52.0 Å². The lowest BCUT2D eigenvalue weighted by molar-refractivity contribution is -0.00647. The summed E-state index contributed by atoms with van der Waals surface area (Å²) >= 11 is 0. The van der Waals surface area contributed by atoms with Crippen molar-refractivity contribution in [1.82, 2.24) is 15.0 Å². The fourth-order valence-electron chi connectivity index (χ4n) is 6.81. The molecule has 6 nitrogen and oxygen atoms in total. The van der Waals surface area contributed by atoms with Crippen molar-refractivity contribution in [3.8, 4) is 11.4 Å². The summed E-state index contributed by atoms with van der Waals surface area (Å²) in [4.78, 5) is 19.1. The number of nitrogens with zero attached hydrogens (tertiary/aromatic N) is 4. The highest BCUT2D eigenvalue weighted by Crippen LogP contribution is 2.39. The molecule has 1 fully saturated rings. The third kappa shape index (κ3) is 4.66. The van der Waals surface area contributed by atoms with Gasteiger partial charge in [-0.15, -0.1) is 0 Å². The smallest absolute Gasteiger partial charge is 0.162 e. The molecule has 1 atom stereocenters. The standard InChI is InChI=1S/C34H43N5O/c1-21(2)24-12-11-22(3)29(17-24)38-15-13-27-26(19-38)33(39-16-14-30(40-7)34(5,6)20-39)37-32(36-27)25-9-8-10-28-31(25)23(4)18-35-28/h8-12,17-18,21,30,35H,13-16,19-20H2,1-7H3. The molecule has 1 N–H and O–H groups in total. The maximum Gasteiger partial charge on any atom is 0.162 e. The number of ether oxygens (including phenoxy) is 1. The van der Waals surface area contributed by atoms with E-state index in [0.29, 0.717) is 5.92 Å². The number of nitrogens with one attached hydrogen (secondary N) is 1. The predicted octanol–water partition coefficient (Wildman–Crippen LogP) is 7.18. The van der Waals surface area contributed by atoms with Crippen molar-refractivity contribution in [2.24, 2.45) is 5.41 Å². The zero-order chi connectivity index (χ0) is 28.2. The molecule has 2 aromatic heterocycles. The fourth-order valence-corrected chi connectivity index (χ4v) is 6.81. The number of H-pyrrole nitrogens is 1. The number of hydrogen-bond donors (Lipinski definition) is 1. The number of benzene rings is 2. The minimum absolute atomic E-state index is 0.0266. The molecule has 1 saturated heterocycles. The van der Waals surface area contributed by atoms with Gasteiger partial charge in [0.25, 0.3) is 0 Å². The van der Waals surface area contributed by atoms with Gasteiger partial charge in [0.1, 0.15) is 5.82 Å². The third-order valence-electron chi connectivity index (χ3n) is 9.14. The summed E-state index contributed by atoms with van der Waals surface area (Å²) in [7, 11) is 1.85. The molecule has 0 spiro atoms. The number of aryl methyl sites for hydroxylation is 2. The first-order valence-corrected chi connectivity index (χ1v) is 14.8. The molecule has 0 bridgehead atoms. The van der Waals surface area contributed by atoms with E-state index in [1.54, 1.807) is 0 Å². The number of methoxy groups -OCH3 is 1. The van der Waals surface area contributed by atoms with E-state index in [-0.39, 0.29) is 11.5 Å². The summed E-state index contributed by atoms with van der Waals surface area (Å²) in [6, 6.07) is 13.4.